The van der Waals surface area contributed by atoms with E-state index in [1.54, 1.807) is 14.2 Å². The molecule has 0 aliphatic rings. The summed E-state index contributed by atoms with van der Waals surface area (Å²) in [6.07, 6.45) is 1.03. The summed E-state index contributed by atoms with van der Waals surface area (Å²) < 4.78 is 5.06. The molecule has 0 fully saturated rings. The van der Waals surface area contributed by atoms with Crippen LogP contribution in [0.1, 0.15) is 18.9 Å². The van der Waals surface area contributed by atoms with Crippen molar-refractivity contribution in [2.24, 2.45) is 4.99 Å². The van der Waals surface area contributed by atoms with Crippen molar-refractivity contribution >= 4 is 41.5 Å². The number of nitrogens with zero attached hydrogens (tertiary/aromatic N) is 2. The highest BCUT2D eigenvalue weighted by Gasteiger charge is 2.02. The summed E-state index contributed by atoms with van der Waals surface area (Å²) in [4.78, 5) is 17.6. The van der Waals surface area contributed by atoms with Crippen LogP contribution in [0.3, 0.4) is 0 Å². The molecule has 8 heteroatoms. The summed E-state index contributed by atoms with van der Waals surface area (Å²) in [5.41, 5.74) is 1.87. The van der Waals surface area contributed by atoms with Crippen LogP contribution >= 0.6 is 24.0 Å². The van der Waals surface area contributed by atoms with E-state index in [9.17, 15) is 4.79 Å². The van der Waals surface area contributed by atoms with Crippen LogP contribution in [0.15, 0.2) is 29.3 Å². The molecule has 0 spiro atoms. The van der Waals surface area contributed by atoms with Crippen molar-refractivity contribution in [1.29, 1.82) is 0 Å². The molecule has 0 saturated heterocycles. The molecule has 0 bridgehead atoms. The molecule has 26 heavy (non-hydrogen) atoms. The van der Waals surface area contributed by atoms with E-state index < -0.39 is 0 Å². The highest BCUT2D eigenvalue weighted by Crippen LogP contribution is 2.10. The van der Waals surface area contributed by atoms with Crippen LogP contribution < -0.4 is 16.0 Å². The molecular weight excluding hydrogens is 445 g/mol. The topological polar surface area (TPSA) is 78.0 Å². The van der Waals surface area contributed by atoms with Gasteiger partial charge >= 0.3 is 0 Å². The van der Waals surface area contributed by atoms with Gasteiger partial charge in [-0.25, -0.2) is 0 Å². The van der Waals surface area contributed by atoms with Crippen LogP contribution in [0.5, 0.6) is 0 Å². The second kappa shape index (κ2) is 14.7. The van der Waals surface area contributed by atoms with Gasteiger partial charge in [-0.1, -0.05) is 12.1 Å². The van der Waals surface area contributed by atoms with Crippen molar-refractivity contribution in [3.05, 3.63) is 29.8 Å². The Morgan fingerprint density at radius 2 is 2.04 bits per heavy atom. The SMILES string of the molecule is CN=C(NCCN(C)CCCOC)NCc1cccc(NC(C)=O)c1.I. The first-order chi connectivity index (χ1) is 12.0. The molecule has 7 nitrogen and oxygen atoms in total. The fourth-order valence-electron chi connectivity index (χ4n) is 2.32. The number of aliphatic imine (C=N–C) groups is 1. The van der Waals surface area contributed by atoms with Crippen LogP contribution in [0.4, 0.5) is 5.69 Å². The maximum absolute atomic E-state index is 11.1. The molecule has 1 amide bonds. The summed E-state index contributed by atoms with van der Waals surface area (Å²) in [5, 5.41) is 9.37. The van der Waals surface area contributed by atoms with Crippen molar-refractivity contribution in [1.82, 2.24) is 15.5 Å². The number of anilines is 1. The lowest BCUT2D eigenvalue weighted by Gasteiger charge is -2.18. The van der Waals surface area contributed by atoms with Gasteiger partial charge in [0.2, 0.25) is 5.91 Å². The summed E-state index contributed by atoms with van der Waals surface area (Å²) >= 11 is 0. The predicted octanol–water partition coefficient (Wildman–Crippen LogP) is 1.90. The molecule has 1 rings (SSSR count). The van der Waals surface area contributed by atoms with Crippen molar-refractivity contribution < 1.29 is 9.53 Å². The van der Waals surface area contributed by atoms with E-state index in [-0.39, 0.29) is 29.9 Å². The standard InChI is InChI=1S/C18H31N5O2.HI/c1-15(24)22-17-8-5-7-16(13-17)14-21-18(19-2)20-9-11-23(3)10-6-12-25-4;/h5,7-8,13H,6,9-12,14H2,1-4H3,(H,22,24)(H2,19,20,21);1H. The molecular formula is C18H32IN5O2. The van der Waals surface area contributed by atoms with Crippen molar-refractivity contribution in [2.75, 3.05) is 52.8 Å². The molecule has 0 saturated carbocycles. The Bertz CT molecular complexity index is 554. The highest BCUT2D eigenvalue weighted by atomic mass is 127. The fraction of sp³-hybridized carbons (Fsp3) is 0.556. The van der Waals surface area contributed by atoms with Gasteiger partial charge in [-0.3, -0.25) is 9.79 Å². The number of hydrogen-bond acceptors (Lipinski definition) is 4. The van der Waals surface area contributed by atoms with Gasteiger partial charge in [0.05, 0.1) is 0 Å². The number of halogens is 1. The minimum atomic E-state index is -0.0720. The molecule has 0 radical (unpaired) electrons. The van der Waals surface area contributed by atoms with Gasteiger partial charge in [0.15, 0.2) is 5.96 Å². The van der Waals surface area contributed by atoms with E-state index >= 15 is 0 Å². The summed E-state index contributed by atoms with van der Waals surface area (Å²) in [6.45, 7) is 5.69. The van der Waals surface area contributed by atoms with Gasteiger partial charge in [-0.2, -0.15) is 0 Å². The van der Waals surface area contributed by atoms with Gasteiger partial charge in [0.1, 0.15) is 0 Å². The first-order valence-electron chi connectivity index (χ1n) is 8.53. The number of benzene rings is 1. The molecule has 1 aromatic rings. The zero-order valence-electron chi connectivity index (χ0n) is 16.2. The van der Waals surface area contributed by atoms with E-state index in [4.69, 9.17) is 4.74 Å². The second-order valence-corrected chi connectivity index (χ2v) is 5.88. The Kier molecular flexibility index (Phi) is 14.0. The average molecular weight is 477 g/mol. The number of carbonyl (C=O) groups excluding carboxylic acids is 1. The largest absolute Gasteiger partial charge is 0.385 e. The monoisotopic (exact) mass is 477 g/mol. The lowest BCUT2D eigenvalue weighted by atomic mass is 10.2. The molecule has 0 unspecified atom stereocenters. The second-order valence-electron chi connectivity index (χ2n) is 5.88. The number of rotatable bonds is 10. The Hall–Kier alpha value is -1.39. The molecule has 0 heterocycles. The minimum absolute atomic E-state index is 0. The number of nitrogens with one attached hydrogen (secondary N) is 3. The van der Waals surface area contributed by atoms with E-state index in [0.29, 0.717) is 6.54 Å². The Labute approximate surface area is 174 Å². The zero-order chi connectivity index (χ0) is 18.5. The third-order valence-corrected chi connectivity index (χ3v) is 3.61. The van der Waals surface area contributed by atoms with E-state index in [1.165, 1.54) is 6.92 Å². The zero-order valence-corrected chi connectivity index (χ0v) is 18.5. The minimum Gasteiger partial charge on any atom is -0.385 e. The number of hydrogen-bond donors (Lipinski definition) is 3. The van der Waals surface area contributed by atoms with Gasteiger partial charge in [0, 0.05) is 59.6 Å². The summed E-state index contributed by atoms with van der Waals surface area (Å²) in [5.74, 6) is 0.687. The van der Waals surface area contributed by atoms with Crippen molar-refractivity contribution in [2.45, 2.75) is 19.9 Å². The number of ether oxygens (including phenoxy) is 1. The molecule has 0 aliphatic heterocycles. The van der Waals surface area contributed by atoms with Crippen LogP contribution in [0.25, 0.3) is 0 Å². The van der Waals surface area contributed by atoms with Gasteiger partial charge in [-0.05, 0) is 31.2 Å². The van der Waals surface area contributed by atoms with Crippen molar-refractivity contribution in [3.63, 3.8) is 0 Å². The van der Waals surface area contributed by atoms with Gasteiger partial charge < -0.3 is 25.6 Å². The maximum Gasteiger partial charge on any atom is 0.221 e. The summed E-state index contributed by atoms with van der Waals surface area (Å²) in [7, 11) is 5.58. The number of guanidine groups is 1. The van der Waals surface area contributed by atoms with Crippen LogP contribution in [0.2, 0.25) is 0 Å². The summed E-state index contributed by atoms with van der Waals surface area (Å²) in [6, 6.07) is 7.76. The fourth-order valence-corrected chi connectivity index (χ4v) is 2.32. The first kappa shape index (κ1) is 24.6. The maximum atomic E-state index is 11.1. The van der Waals surface area contributed by atoms with E-state index in [1.807, 2.05) is 24.3 Å². The number of methoxy groups -OCH3 is 1. The number of likely N-dealkylation sites (N-methyl/N-ethyl adjacent to an activating group) is 1. The van der Waals surface area contributed by atoms with Crippen LogP contribution in [0, 0.1) is 0 Å². The molecule has 0 atom stereocenters. The molecule has 1 aromatic carbocycles. The Morgan fingerprint density at radius 1 is 1.27 bits per heavy atom. The van der Waals surface area contributed by atoms with Gasteiger partial charge in [0.25, 0.3) is 0 Å². The van der Waals surface area contributed by atoms with Gasteiger partial charge in [-0.15, -0.1) is 24.0 Å². The van der Waals surface area contributed by atoms with Crippen LogP contribution in [-0.4, -0.2) is 64.2 Å². The third kappa shape index (κ3) is 11.3. The van der Waals surface area contributed by atoms with Crippen molar-refractivity contribution in [3.8, 4) is 0 Å². The van der Waals surface area contributed by atoms with E-state index in [0.717, 1.165) is 49.9 Å². The lowest BCUT2D eigenvalue weighted by molar-refractivity contribution is -0.114. The average Bonchev–Trinajstić information content (AvgIpc) is 2.58. The highest BCUT2D eigenvalue weighted by molar-refractivity contribution is 14.0. The molecule has 0 aliphatic carbocycles. The molecule has 3 N–H and O–H groups in total. The quantitative estimate of drug-likeness (QED) is 0.208. The third-order valence-electron chi connectivity index (χ3n) is 3.61. The Balaban J connectivity index is 0.00000625. The normalized spacial score (nSPS) is 11.0. The predicted molar refractivity (Wildman–Crippen MR) is 118 cm³/mol. The smallest absolute Gasteiger partial charge is 0.221 e. The first-order valence-corrected chi connectivity index (χ1v) is 8.53. The Morgan fingerprint density at radius 3 is 2.69 bits per heavy atom. The molecule has 148 valence electrons. The molecule has 0 aromatic heterocycles. The van der Waals surface area contributed by atoms with E-state index in [2.05, 4.69) is 32.9 Å². The number of amides is 1. The number of carbonyl (C=O) groups is 1. The lowest BCUT2D eigenvalue weighted by Crippen LogP contribution is -2.40. The van der Waals surface area contributed by atoms with Crippen LogP contribution in [-0.2, 0) is 16.1 Å².